The molecule has 9 heteroatoms. The second-order valence-corrected chi connectivity index (χ2v) is 6.46. The Balaban J connectivity index is 0.00000420. The Morgan fingerprint density at radius 1 is 1.17 bits per heavy atom. The van der Waals surface area contributed by atoms with E-state index in [4.69, 9.17) is 23.7 Å². The van der Waals surface area contributed by atoms with Gasteiger partial charge in [0.2, 0.25) is 5.75 Å². The number of hydrogen-bond acceptors (Lipinski definition) is 6. The summed E-state index contributed by atoms with van der Waals surface area (Å²) >= 11 is 0. The summed E-state index contributed by atoms with van der Waals surface area (Å²) in [5.41, 5.74) is 0.798. The lowest BCUT2D eigenvalue weighted by molar-refractivity contribution is 0.0893. The first kappa shape index (κ1) is 25.6. The van der Waals surface area contributed by atoms with Crippen molar-refractivity contribution in [1.29, 1.82) is 0 Å². The Labute approximate surface area is 190 Å². The molecule has 1 aromatic rings. The number of benzene rings is 1. The third kappa shape index (κ3) is 8.43. The van der Waals surface area contributed by atoms with Gasteiger partial charge < -0.3 is 34.3 Å². The summed E-state index contributed by atoms with van der Waals surface area (Å²) in [6.45, 7) is 6.60. The van der Waals surface area contributed by atoms with Gasteiger partial charge in [-0.3, -0.25) is 4.99 Å². The molecule has 1 aliphatic rings. The summed E-state index contributed by atoms with van der Waals surface area (Å²) in [5, 5.41) is 6.52. The Kier molecular flexibility index (Phi) is 12.8. The zero-order valence-electron chi connectivity index (χ0n) is 17.8. The van der Waals surface area contributed by atoms with E-state index >= 15 is 0 Å². The van der Waals surface area contributed by atoms with Crippen LogP contribution in [0.2, 0.25) is 0 Å². The fourth-order valence-electron chi connectivity index (χ4n) is 2.92. The van der Waals surface area contributed by atoms with Crippen LogP contribution < -0.4 is 24.8 Å². The molecule has 0 aromatic heterocycles. The average molecular weight is 523 g/mol. The minimum Gasteiger partial charge on any atom is -0.493 e. The minimum absolute atomic E-state index is 0. The van der Waals surface area contributed by atoms with Crippen LogP contribution in [0.15, 0.2) is 17.1 Å². The molecule has 0 saturated carbocycles. The number of aliphatic imine (C=N–C) groups is 1. The number of guanidine groups is 1. The number of nitrogens with zero attached hydrogens (tertiary/aromatic N) is 1. The molecule has 2 N–H and O–H groups in total. The smallest absolute Gasteiger partial charge is 0.203 e. The molecule has 0 aliphatic carbocycles. The topological polar surface area (TPSA) is 82.6 Å². The van der Waals surface area contributed by atoms with Gasteiger partial charge in [-0.05, 0) is 19.8 Å². The highest BCUT2D eigenvalue weighted by molar-refractivity contribution is 14.0. The van der Waals surface area contributed by atoms with Crippen LogP contribution in [0.4, 0.5) is 5.69 Å². The highest BCUT2D eigenvalue weighted by Gasteiger charge is 2.15. The first-order valence-electron chi connectivity index (χ1n) is 9.72. The standard InChI is InChI=1S/C20H33N3O5.HI/c1-5-21-20(22-8-6-9-27-13-15-7-10-28-14-15)23-16-11-17(24-2)19(26-4)18(12-16)25-3;/h11-12,15H,5-10,13-14H2,1-4H3,(H2,21,22,23);1H. The van der Waals surface area contributed by atoms with E-state index < -0.39 is 0 Å². The third-order valence-electron chi connectivity index (χ3n) is 4.37. The van der Waals surface area contributed by atoms with Crippen molar-refractivity contribution in [2.45, 2.75) is 19.8 Å². The second kappa shape index (κ2) is 14.5. The molecule has 0 radical (unpaired) electrons. The molecule has 1 atom stereocenters. The van der Waals surface area contributed by atoms with Crippen molar-refractivity contribution in [1.82, 2.24) is 5.32 Å². The molecule has 2 rings (SSSR count). The third-order valence-corrected chi connectivity index (χ3v) is 4.37. The van der Waals surface area contributed by atoms with E-state index in [0.717, 1.165) is 44.9 Å². The minimum atomic E-state index is 0. The van der Waals surface area contributed by atoms with Crippen molar-refractivity contribution >= 4 is 35.6 Å². The van der Waals surface area contributed by atoms with E-state index in [1.807, 2.05) is 19.1 Å². The Hall–Kier alpha value is -1.46. The van der Waals surface area contributed by atoms with Gasteiger partial charge in [-0.1, -0.05) is 0 Å². The maximum absolute atomic E-state index is 5.73. The number of hydrogen-bond donors (Lipinski definition) is 2. The van der Waals surface area contributed by atoms with Crippen molar-refractivity contribution in [3.8, 4) is 17.2 Å². The fraction of sp³-hybridized carbons (Fsp3) is 0.650. The van der Waals surface area contributed by atoms with Crippen LogP contribution in [0.1, 0.15) is 19.8 Å². The number of ether oxygens (including phenoxy) is 5. The van der Waals surface area contributed by atoms with Gasteiger partial charge >= 0.3 is 0 Å². The molecular weight excluding hydrogens is 489 g/mol. The van der Waals surface area contributed by atoms with E-state index in [1.165, 1.54) is 0 Å². The lowest BCUT2D eigenvalue weighted by Gasteiger charge is -2.16. The largest absolute Gasteiger partial charge is 0.493 e. The SMILES string of the molecule is CCNC(=NCCCOCC1CCOC1)Nc1cc(OC)c(OC)c(OC)c1.I. The van der Waals surface area contributed by atoms with Crippen LogP contribution in [-0.2, 0) is 9.47 Å². The van der Waals surface area contributed by atoms with Crippen molar-refractivity contribution < 1.29 is 23.7 Å². The average Bonchev–Trinajstić information content (AvgIpc) is 3.23. The van der Waals surface area contributed by atoms with Gasteiger partial charge in [0.15, 0.2) is 17.5 Å². The van der Waals surface area contributed by atoms with Crippen LogP contribution in [0.25, 0.3) is 0 Å². The fourth-order valence-corrected chi connectivity index (χ4v) is 2.92. The predicted molar refractivity (Wildman–Crippen MR) is 125 cm³/mol. The maximum Gasteiger partial charge on any atom is 0.203 e. The summed E-state index contributed by atoms with van der Waals surface area (Å²) in [6, 6.07) is 3.70. The van der Waals surface area contributed by atoms with Crippen molar-refractivity contribution in [2.24, 2.45) is 10.9 Å². The highest BCUT2D eigenvalue weighted by Crippen LogP contribution is 2.39. The predicted octanol–water partition coefficient (Wildman–Crippen LogP) is 3.15. The Morgan fingerprint density at radius 2 is 1.90 bits per heavy atom. The number of anilines is 1. The van der Waals surface area contributed by atoms with E-state index in [2.05, 4.69) is 15.6 Å². The molecule has 1 aromatic carbocycles. The van der Waals surface area contributed by atoms with Gasteiger partial charge in [0.25, 0.3) is 0 Å². The molecule has 0 bridgehead atoms. The highest BCUT2D eigenvalue weighted by atomic mass is 127. The van der Waals surface area contributed by atoms with Gasteiger partial charge in [-0.2, -0.15) is 0 Å². The number of nitrogens with one attached hydrogen (secondary N) is 2. The van der Waals surface area contributed by atoms with E-state index in [-0.39, 0.29) is 24.0 Å². The summed E-state index contributed by atoms with van der Waals surface area (Å²) in [6.07, 6.45) is 1.96. The van der Waals surface area contributed by atoms with Crippen LogP contribution in [-0.4, -0.2) is 66.8 Å². The van der Waals surface area contributed by atoms with Crippen LogP contribution in [0.3, 0.4) is 0 Å². The van der Waals surface area contributed by atoms with Crippen molar-refractivity contribution in [3.63, 3.8) is 0 Å². The molecule has 1 unspecified atom stereocenters. The van der Waals surface area contributed by atoms with Crippen LogP contribution >= 0.6 is 24.0 Å². The quantitative estimate of drug-likeness (QED) is 0.200. The molecule has 1 fully saturated rings. The van der Waals surface area contributed by atoms with Gasteiger partial charge in [-0.15, -0.1) is 24.0 Å². The van der Waals surface area contributed by atoms with Gasteiger partial charge in [-0.25, -0.2) is 0 Å². The van der Waals surface area contributed by atoms with E-state index in [9.17, 15) is 0 Å². The number of rotatable bonds is 11. The number of methoxy groups -OCH3 is 3. The summed E-state index contributed by atoms with van der Waals surface area (Å²) in [7, 11) is 4.77. The maximum atomic E-state index is 5.73. The van der Waals surface area contributed by atoms with Crippen LogP contribution in [0, 0.1) is 5.92 Å². The van der Waals surface area contributed by atoms with E-state index in [0.29, 0.717) is 42.3 Å². The lowest BCUT2D eigenvalue weighted by Crippen LogP contribution is -2.30. The van der Waals surface area contributed by atoms with Crippen molar-refractivity contribution in [2.75, 3.05) is 66.2 Å². The van der Waals surface area contributed by atoms with Crippen molar-refractivity contribution in [3.05, 3.63) is 12.1 Å². The molecule has 1 saturated heterocycles. The summed E-state index contributed by atoms with van der Waals surface area (Å²) in [5.74, 6) is 2.97. The zero-order valence-corrected chi connectivity index (χ0v) is 20.1. The Bertz CT molecular complexity index is 599. The normalized spacial score (nSPS) is 16.1. The van der Waals surface area contributed by atoms with Crippen LogP contribution in [0.5, 0.6) is 17.2 Å². The molecule has 1 heterocycles. The molecule has 8 nitrogen and oxygen atoms in total. The molecular formula is C20H34IN3O5. The number of halogens is 1. The molecule has 0 spiro atoms. The molecule has 1 aliphatic heterocycles. The van der Waals surface area contributed by atoms with Gasteiger partial charge in [0, 0.05) is 50.0 Å². The van der Waals surface area contributed by atoms with Gasteiger partial charge in [0.05, 0.1) is 34.5 Å². The zero-order chi connectivity index (χ0) is 20.2. The lowest BCUT2D eigenvalue weighted by atomic mass is 10.1. The Morgan fingerprint density at radius 3 is 2.45 bits per heavy atom. The monoisotopic (exact) mass is 523 g/mol. The van der Waals surface area contributed by atoms with Gasteiger partial charge in [0.1, 0.15) is 0 Å². The summed E-state index contributed by atoms with van der Waals surface area (Å²) in [4.78, 5) is 4.61. The van der Waals surface area contributed by atoms with E-state index in [1.54, 1.807) is 21.3 Å². The molecule has 29 heavy (non-hydrogen) atoms. The summed E-state index contributed by atoms with van der Waals surface area (Å²) < 4.78 is 27.2. The second-order valence-electron chi connectivity index (χ2n) is 6.46. The first-order valence-corrected chi connectivity index (χ1v) is 9.72. The first-order chi connectivity index (χ1) is 13.7. The molecule has 0 amide bonds. The molecule has 166 valence electrons.